The fourth-order valence-corrected chi connectivity index (χ4v) is 6.87. The Morgan fingerprint density at radius 3 is 1.91 bits per heavy atom. The van der Waals surface area contributed by atoms with E-state index in [-0.39, 0.29) is 118 Å². The van der Waals surface area contributed by atoms with Gasteiger partial charge in [0.05, 0.1) is 36.3 Å². The number of carbonyl (C=O) groups is 2. The zero-order valence-corrected chi connectivity index (χ0v) is 38.1. The number of hydrogen-bond acceptors (Lipinski definition) is 16. The smallest absolute Gasteiger partial charge is 1.00 e. The van der Waals surface area contributed by atoms with Crippen LogP contribution in [-0.4, -0.2) is 59.1 Å². The molecule has 0 atom stereocenters. The Balaban J connectivity index is 0.00000289. The number of rotatable bonds is 13. The molecule has 0 fully saturated rings. The molecular weight excluding hydrogens is 981 g/mol. The second-order valence-corrected chi connectivity index (χ2v) is 14.8. The molecule has 0 amide bonds. The van der Waals surface area contributed by atoms with Crippen molar-refractivity contribution in [2.75, 3.05) is 19.5 Å². The molecule has 7 N–H and O–H groups in total. The first-order valence-corrected chi connectivity index (χ1v) is 19.7. The van der Waals surface area contributed by atoms with Crippen molar-refractivity contribution in [1.82, 2.24) is 0 Å². The van der Waals surface area contributed by atoms with Crippen molar-refractivity contribution in [2.45, 2.75) is 11.3 Å². The maximum atomic E-state index is 13.0. The topological polar surface area (TPSA) is 288 Å². The zero-order chi connectivity index (χ0) is 44.1. The monoisotopic (exact) mass is 1010 g/mol. The van der Waals surface area contributed by atoms with E-state index in [1.807, 2.05) is 0 Å². The summed E-state index contributed by atoms with van der Waals surface area (Å²) in [5.41, 5.74) is 6.93. The van der Waals surface area contributed by atoms with Gasteiger partial charge in [0.2, 0.25) is 0 Å². The summed E-state index contributed by atoms with van der Waals surface area (Å²) in [6.07, 6.45) is 0.182. The average Bonchev–Trinajstić information content (AvgIpc) is 3.25. The number of phenolic OH excluding ortho intramolecular Hbond substituents is 3. The average molecular weight is 1010 g/mol. The first-order chi connectivity index (χ1) is 29.7. The summed E-state index contributed by atoms with van der Waals surface area (Å²) in [7, 11) is -3.43. The standard InChI is InChI=1S/C43H33N7O11S.3ClH.Cr/c1-60-27-10-12-35(31(22-27)42(54)55)47-49-36-11-6-23(18-38(36)52)16-17-61-43(56)32-21-26(9-15-37(32)51)45-46-33-13-14-34(29-5-3-2-4-28(29)33)48-50-40-39(62(57,58)59)19-24-7-8-25(44)20-30(24)41(40)53;;;;/h2-15,18-22,51-53H,16-17,44H2,1H3,(H,54,55)(H,57,58,59);3*1H;/q;;;;+3/p-3. The Morgan fingerprint density at radius 2 is 1.27 bits per heavy atom. The Hall–Kier alpha value is -6.89. The van der Waals surface area contributed by atoms with E-state index in [2.05, 4.69) is 30.7 Å². The van der Waals surface area contributed by atoms with Gasteiger partial charge in [0, 0.05) is 28.3 Å². The third kappa shape index (κ3) is 12.1. The summed E-state index contributed by atoms with van der Waals surface area (Å²) in [5.74, 6) is -2.89. The van der Waals surface area contributed by atoms with E-state index in [4.69, 9.17) is 15.2 Å². The number of halogens is 3. The van der Waals surface area contributed by atoms with Crippen molar-refractivity contribution in [3.63, 3.8) is 0 Å². The van der Waals surface area contributed by atoms with Crippen molar-refractivity contribution in [1.29, 1.82) is 0 Å². The van der Waals surface area contributed by atoms with Gasteiger partial charge < -0.3 is 72.9 Å². The van der Waals surface area contributed by atoms with Gasteiger partial charge in [0.25, 0.3) is 10.1 Å². The molecule has 0 heterocycles. The summed E-state index contributed by atoms with van der Waals surface area (Å²) in [5, 5.41) is 67.9. The summed E-state index contributed by atoms with van der Waals surface area (Å²) < 4.78 is 45.0. The van der Waals surface area contributed by atoms with Crippen LogP contribution >= 0.6 is 0 Å². The number of nitrogens with two attached hydrogens (primary N) is 1. The Labute approximate surface area is 404 Å². The molecule has 0 aliphatic rings. The maximum absolute atomic E-state index is 13.0. The summed E-state index contributed by atoms with van der Waals surface area (Å²) >= 11 is 0. The number of hydrogen-bond donors (Lipinski definition) is 6. The molecule has 1 radical (unpaired) electrons. The molecule has 0 spiro atoms. The number of carbonyl (C=O) groups excluding carboxylic acids is 1. The van der Waals surface area contributed by atoms with Crippen LogP contribution in [0.1, 0.15) is 26.3 Å². The van der Waals surface area contributed by atoms with E-state index in [1.165, 1.54) is 73.8 Å². The van der Waals surface area contributed by atoms with Crippen LogP contribution in [0.2, 0.25) is 0 Å². The van der Waals surface area contributed by atoms with Crippen LogP contribution in [-0.2, 0) is 38.6 Å². The third-order valence-electron chi connectivity index (χ3n) is 9.33. The first kappa shape index (κ1) is 53.5. The number of phenols is 3. The predicted octanol–water partition coefficient (Wildman–Crippen LogP) is 1.30. The van der Waals surface area contributed by atoms with Gasteiger partial charge >= 0.3 is 29.3 Å². The van der Waals surface area contributed by atoms with Crippen molar-refractivity contribution in [2.24, 2.45) is 30.7 Å². The molecular formula is C43H33Cl3CrN7O11S. The molecule has 0 saturated carbocycles. The molecule has 0 aromatic heterocycles. The molecule has 0 bridgehead atoms. The van der Waals surface area contributed by atoms with Crippen LogP contribution < -0.4 is 47.7 Å². The molecule has 0 unspecified atom stereocenters. The van der Waals surface area contributed by atoms with E-state index in [1.54, 1.807) is 42.5 Å². The number of nitrogen functional groups attached to an aromatic ring is 1. The van der Waals surface area contributed by atoms with E-state index in [0.29, 0.717) is 38.8 Å². The predicted molar refractivity (Wildman–Crippen MR) is 226 cm³/mol. The second-order valence-electron chi connectivity index (χ2n) is 13.4. The van der Waals surface area contributed by atoms with Gasteiger partial charge in [-0.05, 0) is 89.8 Å². The van der Waals surface area contributed by atoms with Crippen LogP contribution in [0.15, 0.2) is 151 Å². The number of carboxylic acids is 1. The maximum Gasteiger partial charge on any atom is 3.00 e. The third-order valence-corrected chi connectivity index (χ3v) is 10.2. The van der Waals surface area contributed by atoms with Crippen molar-refractivity contribution in [3.8, 4) is 23.0 Å². The minimum Gasteiger partial charge on any atom is -1.00 e. The van der Waals surface area contributed by atoms with Crippen LogP contribution in [0, 0.1) is 0 Å². The first-order valence-electron chi connectivity index (χ1n) is 18.2. The molecule has 7 aromatic rings. The van der Waals surface area contributed by atoms with Crippen molar-refractivity contribution in [3.05, 3.63) is 132 Å². The van der Waals surface area contributed by atoms with Crippen LogP contribution in [0.5, 0.6) is 23.0 Å². The molecule has 0 saturated heterocycles. The minimum absolute atomic E-state index is 0. The molecule has 7 aromatic carbocycles. The van der Waals surface area contributed by atoms with Crippen LogP contribution in [0.3, 0.4) is 0 Å². The number of nitrogens with zero attached hydrogens (tertiary/aromatic N) is 6. The van der Waals surface area contributed by atoms with Crippen LogP contribution in [0.25, 0.3) is 21.5 Å². The number of benzene rings is 7. The van der Waals surface area contributed by atoms with Crippen molar-refractivity contribution >= 4 is 83.4 Å². The number of azo groups is 3. The van der Waals surface area contributed by atoms with E-state index in [0.717, 1.165) is 6.07 Å². The van der Waals surface area contributed by atoms with Gasteiger partial charge in [-0.1, -0.05) is 36.4 Å². The summed E-state index contributed by atoms with van der Waals surface area (Å²) in [6, 6.07) is 28.4. The largest absolute Gasteiger partial charge is 3.00 e. The number of anilines is 1. The Morgan fingerprint density at radius 1 is 0.652 bits per heavy atom. The van der Waals surface area contributed by atoms with Gasteiger partial charge in [0.15, 0.2) is 5.75 Å². The number of methoxy groups -OCH3 is 1. The summed E-state index contributed by atoms with van der Waals surface area (Å²) in [4.78, 5) is 24.0. The normalized spacial score (nSPS) is 11.2. The molecule has 0 aliphatic heterocycles. The number of fused-ring (bicyclic) bond motifs is 2. The minimum atomic E-state index is -4.83. The zero-order valence-electron chi connectivity index (χ0n) is 33.8. The Bertz CT molecular complexity index is 3160. The number of carboxylic acid groups (broad SMARTS) is 1. The number of aromatic carboxylic acids is 1. The van der Waals surface area contributed by atoms with Gasteiger partial charge in [0.1, 0.15) is 44.8 Å². The summed E-state index contributed by atoms with van der Waals surface area (Å²) in [6.45, 7) is -0.125. The quantitative estimate of drug-likeness (QED) is 0.0413. The Kier molecular flexibility index (Phi) is 18.5. The van der Waals surface area contributed by atoms with Gasteiger partial charge in [-0.25, -0.2) is 9.59 Å². The molecule has 18 nitrogen and oxygen atoms in total. The van der Waals surface area contributed by atoms with E-state index < -0.39 is 38.4 Å². The molecule has 23 heteroatoms. The number of esters is 1. The van der Waals surface area contributed by atoms with Gasteiger partial charge in [-0.15, -0.1) is 25.6 Å². The molecule has 339 valence electrons. The molecule has 0 aliphatic carbocycles. The molecule has 7 rings (SSSR count). The van der Waals surface area contributed by atoms with Crippen molar-refractivity contribution < 1.29 is 107 Å². The number of ether oxygens (including phenoxy) is 2. The SMILES string of the molecule is COc1ccc(N=Nc2ccc(CCOC(=O)c3cc(N=Nc4ccc(N=Nc5c(S(=O)(=O)O)cc6ccc(N)cc6c5O)c5ccccc45)ccc3O)cc2O)c(C(=O)O)c1.[Cl-].[Cl-].[Cl-].[Cr+3]. The van der Waals surface area contributed by atoms with Gasteiger partial charge in [-0.3, -0.25) is 4.55 Å². The fourth-order valence-electron chi connectivity index (χ4n) is 6.22. The van der Waals surface area contributed by atoms with E-state index >= 15 is 0 Å². The second kappa shape index (κ2) is 22.8. The van der Waals surface area contributed by atoms with Crippen LogP contribution in [0.4, 0.5) is 39.8 Å². The van der Waals surface area contributed by atoms with E-state index in [9.17, 15) is 43.0 Å². The van der Waals surface area contributed by atoms with Gasteiger partial charge in [-0.2, -0.15) is 13.5 Å². The number of aromatic hydroxyl groups is 3. The fraction of sp³-hybridized carbons (Fsp3) is 0.0698. The molecule has 66 heavy (non-hydrogen) atoms.